The Morgan fingerprint density at radius 3 is 2.85 bits per heavy atom. The molecule has 1 N–H and O–H groups in total. The molecule has 27 heavy (non-hydrogen) atoms. The summed E-state index contributed by atoms with van der Waals surface area (Å²) in [4.78, 5) is 16.6. The molecule has 138 valence electrons. The standard InChI is InChI=1S/C20H16Cl2N2O2S/c1-2-5-13-6-3-4-7-18(13)26-11-19(25)24-20-23-17(12-27-20)15-9-8-14(21)10-16(15)22/h2-4,6-10,12H,1,5,11H2,(H,23,24,25). The van der Waals surface area contributed by atoms with Crippen LogP contribution in [0.2, 0.25) is 10.0 Å². The molecule has 0 saturated carbocycles. The van der Waals surface area contributed by atoms with Crippen molar-refractivity contribution >= 4 is 45.6 Å². The highest BCUT2D eigenvalue weighted by molar-refractivity contribution is 7.14. The highest BCUT2D eigenvalue weighted by Crippen LogP contribution is 2.32. The van der Waals surface area contributed by atoms with Gasteiger partial charge in [0.2, 0.25) is 0 Å². The van der Waals surface area contributed by atoms with Gasteiger partial charge in [0, 0.05) is 16.0 Å². The van der Waals surface area contributed by atoms with Crippen molar-refractivity contribution in [3.8, 4) is 17.0 Å². The molecule has 3 aromatic rings. The number of nitrogens with one attached hydrogen (secondary N) is 1. The third-order valence-electron chi connectivity index (χ3n) is 3.65. The second-order valence-electron chi connectivity index (χ2n) is 5.60. The van der Waals surface area contributed by atoms with Gasteiger partial charge in [-0.05, 0) is 36.2 Å². The van der Waals surface area contributed by atoms with Crippen molar-refractivity contribution < 1.29 is 9.53 Å². The molecular weight excluding hydrogens is 403 g/mol. The number of anilines is 1. The molecule has 0 aliphatic heterocycles. The summed E-state index contributed by atoms with van der Waals surface area (Å²) in [7, 11) is 0. The van der Waals surface area contributed by atoms with Crippen LogP contribution in [0, 0.1) is 0 Å². The Balaban J connectivity index is 1.62. The Morgan fingerprint density at radius 1 is 1.26 bits per heavy atom. The summed E-state index contributed by atoms with van der Waals surface area (Å²) in [6, 6.07) is 12.8. The summed E-state index contributed by atoms with van der Waals surface area (Å²) < 4.78 is 5.63. The van der Waals surface area contributed by atoms with Gasteiger partial charge in [0.1, 0.15) is 5.75 Å². The molecule has 0 unspecified atom stereocenters. The molecule has 0 bridgehead atoms. The minimum absolute atomic E-state index is 0.106. The van der Waals surface area contributed by atoms with Gasteiger partial charge < -0.3 is 4.74 Å². The Kier molecular flexibility index (Phi) is 6.50. The van der Waals surface area contributed by atoms with Gasteiger partial charge in [0.15, 0.2) is 11.7 Å². The number of amides is 1. The van der Waals surface area contributed by atoms with E-state index >= 15 is 0 Å². The average Bonchev–Trinajstić information content (AvgIpc) is 3.09. The second-order valence-corrected chi connectivity index (χ2v) is 7.30. The quantitative estimate of drug-likeness (QED) is 0.488. The van der Waals surface area contributed by atoms with Crippen LogP contribution >= 0.6 is 34.5 Å². The third kappa shape index (κ3) is 5.10. The molecule has 7 heteroatoms. The lowest BCUT2D eigenvalue weighted by Crippen LogP contribution is -2.20. The van der Waals surface area contributed by atoms with Crippen molar-refractivity contribution in [1.82, 2.24) is 4.98 Å². The fraction of sp³-hybridized carbons (Fsp3) is 0.100. The lowest BCUT2D eigenvalue weighted by molar-refractivity contribution is -0.118. The van der Waals surface area contributed by atoms with E-state index in [0.717, 1.165) is 11.1 Å². The minimum atomic E-state index is -0.286. The molecule has 0 saturated heterocycles. The van der Waals surface area contributed by atoms with Crippen LogP contribution in [0.15, 0.2) is 60.5 Å². The number of aromatic nitrogens is 1. The van der Waals surface area contributed by atoms with Gasteiger partial charge in [0.25, 0.3) is 5.91 Å². The predicted molar refractivity (Wildman–Crippen MR) is 112 cm³/mol. The average molecular weight is 419 g/mol. The molecule has 0 aliphatic rings. The van der Waals surface area contributed by atoms with E-state index in [1.54, 1.807) is 24.3 Å². The first-order valence-electron chi connectivity index (χ1n) is 8.09. The van der Waals surface area contributed by atoms with Crippen LogP contribution in [0.25, 0.3) is 11.3 Å². The van der Waals surface area contributed by atoms with Crippen LogP contribution in [0.1, 0.15) is 5.56 Å². The van der Waals surface area contributed by atoms with Gasteiger partial charge in [-0.2, -0.15) is 0 Å². The van der Waals surface area contributed by atoms with E-state index in [4.69, 9.17) is 27.9 Å². The smallest absolute Gasteiger partial charge is 0.264 e. The molecule has 4 nitrogen and oxygen atoms in total. The van der Waals surface area contributed by atoms with Crippen molar-refractivity contribution in [2.45, 2.75) is 6.42 Å². The molecule has 0 atom stereocenters. The van der Waals surface area contributed by atoms with E-state index in [2.05, 4.69) is 16.9 Å². The molecular formula is C20H16Cl2N2O2S. The number of thiazole rings is 1. The van der Waals surface area contributed by atoms with Crippen LogP contribution in [-0.2, 0) is 11.2 Å². The molecule has 0 aliphatic carbocycles. The largest absolute Gasteiger partial charge is 0.483 e. The van der Waals surface area contributed by atoms with Gasteiger partial charge in [-0.15, -0.1) is 17.9 Å². The van der Waals surface area contributed by atoms with Crippen molar-refractivity contribution in [2.75, 3.05) is 11.9 Å². The number of ether oxygens (including phenoxy) is 1. The van der Waals surface area contributed by atoms with Crippen molar-refractivity contribution in [2.24, 2.45) is 0 Å². The minimum Gasteiger partial charge on any atom is -0.483 e. The van der Waals surface area contributed by atoms with Crippen LogP contribution < -0.4 is 10.1 Å². The number of nitrogens with zero attached hydrogens (tertiary/aromatic N) is 1. The van der Waals surface area contributed by atoms with Gasteiger partial charge in [-0.25, -0.2) is 4.98 Å². The van der Waals surface area contributed by atoms with Gasteiger partial charge in [0.05, 0.1) is 10.7 Å². The van der Waals surface area contributed by atoms with E-state index in [0.29, 0.717) is 33.0 Å². The first kappa shape index (κ1) is 19.4. The number of hydrogen-bond acceptors (Lipinski definition) is 4. The Bertz CT molecular complexity index is 972. The first-order valence-corrected chi connectivity index (χ1v) is 9.73. The topological polar surface area (TPSA) is 51.2 Å². The van der Waals surface area contributed by atoms with E-state index in [1.165, 1.54) is 11.3 Å². The normalized spacial score (nSPS) is 10.4. The predicted octanol–water partition coefficient (Wildman–Crippen LogP) is 5.86. The third-order valence-corrected chi connectivity index (χ3v) is 4.96. The zero-order chi connectivity index (χ0) is 19.2. The monoisotopic (exact) mass is 418 g/mol. The van der Waals surface area contributed by atoms with Crippen molar-refractivity contribution in [3.05, 3.63) is 76.1 Å². The highest BCUT2D eigenvalue weighted by Gasteiger charge is 2.12. The maximum absolute atomic E-state index is 12.2. The summed E-state index contributed by atoms with van der Waals surface area (Å²) in [6.07, 6.45) is 2.47. The highest BCUT2D eigenvalue weighted by atomic mass is 35.5. The van der Waals surface area contributed by atoms with Crippen LogP contribution in [-0.4, -0.2) is 17.5 Å². The number of para-hydroxylation sites is 1. The van der Waals surface area contributed by atoms with Gasteiger partial charge in [-0.3, -0.25) is 10.1 Å². The number of carbonyl (C=O) groups is 1. The first-order chi connectivity index (χ1) is 13.1. The Hall–Kier alpha value is -2.34. The summed E-state index contributed by atoms with van der Waals surface area (Å²) in [5.41, 5.74) is 2.41. The fourth-order valence-electron chi connectivity index (χ4n) is 2.42. The van der Waals surface area contributed by atoms with E-state index in [-0.39, 0.29) is 12.5 Å². The number of halogens is 2. The zero-order valence-corrected chi connectivity index (χ0v) is 16.6. The molecule has 3 rings (SSSR count). The maximum atomic E-state index is 12.2. The van der Waals surface area contributed by atoms with E-state index < -0.39 is 0 Å². The lowest BCUT2D eigenvalue weighted by atomic mass is 10.1. The van der Waals surface area contributed by atoms with Gasteiger partial charge >= 0.3 is 0 Å². The molecule has 0 radical (unpaired) electrons. The molecule has 2 aromatic carbocycles. The molecule has 1 aromatic heterocycles. The van der Waals surface area contributed by atoms with Crippen molar-refractivity contribution in [3.63, 3.8) is 0 Å². The van der Waals surface area contributed by atoms with Crippen LogP contribution in [0.4, 0.5) is 5.13 Å². The summed E-state index contributed by atoms with van der Waals surface area (Å²) >= 11 is 13.4. The van der Waals surface area contributed by atoms with Crippen LogP contribution in [0.3, 0.4) is 0 Å². The Labute approximate surface area is 171 Å². The van der Waals surface area contributed by atoms with E-state index in [1.807, 2.05) is 29.6 Å². The van der Waals surface area contributed by atoms with Crippen molar-refractivity contribution in [1.29, 1.82) is 0 Å². The SMILES string of the molecule is C=CCc1ccccc1OCC(=O)Nc1nc(-c2ccc(Cl)cc2Cl)cs1. The number of carbonyl (C=O) groups excluding carboxylic acids is 1. The molecule has 0 fully saturated rings. The zero-order valence-electron chi connectivity index (χ0n) is 14.2. The molecule has 1 heterocycles. The van der Waals surface area contributed by atoms with Gasteiger partial charge in [-0.1, -0.05) is 47.5 Å². The molecule has 0 spiro atoms. The molecule has 1 amide bonds. The summed E-state index contributed by atoms with van der Waals surface area (Å²) in [5, 5.41) is 6.10. The van der Waals surface area contributed by atoms with E-state index in [9.17, 15) is 4.79 Å². The number of hydrogen-bond donors (Lipinski definition) is 1. The maximum Gasteiger partial charge on any atom is 0.264 e. The second kappa shape index (κ2) is 9.04. The fourth-order valence-corrected chi connectivity index (χ4v) is 3.65. The van der Waals surface area contributed by atoms with Crippen LogP contribution in [0.5, 0.6) is 5.75 Å². The summed E-state index contributed by atoms with van der Waals surface area (Å²) in [6.45, 7) is 3.62. The summed E-state index contributed by atoms with van der Waals surface area (Å²) in [5.74, 6) is 0.381. The number of allylic oxidation sites excluding steroid dienone is 1. The number of rotatable bonds is 7. The lowest BCUT2D eigenvalue weighted by Gasteiger charge is -2.09. The number of benzene rings is 2. The Morgan fingerprint density at radius 2 is 2.07 bits per heavy atom.